The molecule has 1 heterocycles. The van der Waals surface area contributed by atoms with Crippen LogP contribution in [0.2, 0.25) is 5.02 Å². The Labute approximate surface area is 156 Å². The monoisotopic (exact) mass is 376 g/mol. The van der Waals surface area contributed by atoms with Crippen molar-refractivity contribution in [1.29, 1.82) is 0 Å². The van der Waals surface area contributed by atoms with Crippen molar-refractivity contribution in [2.45, 2.75) is 49.4 Å². The van der Waals surface area contributed by atoms with Gasteiger partial charge in [0, 0.05) is 28.3 Å². The highest BCUT2D eigenvalue weighted by Gasteiger charge is 2.40. The van der Waals surface area contributed by atoms with Gasteiger partial charge in [0.15, 0.2) is 0 Å². The second-order valence-corrected chi connectivity index (χ2v) is 8.75. The highest BCUT2D eigenvalue weighted by atomic mass is 35.5. The van der Waals surface area contributed by atoms with Crippen molar-refractivity contribution in [2.24, 2.45) is 5.92 Å². The normalized spacial score (nSPS) is 30.5. The van der Waals surface area contributed by atoms with Crippen molar-refractivity contribution in [2.75, 3.05) is 0 Å². The molecule has 1 aromatic rings. The molecule has 3 unspecified atom stereocenters. The zero-order valence-corrected chi connectivity index (χ0v) is 15.4. The van der Waals surface area contributed by atoms with Gasteiger partial charge in [0.1, 0.15) is 0 Å². The number of hydrogen-bond donors (Lipinski definition) is 2. The fraction of sp³-hybridized carbons (Fsp3) is 0.474. The van der Waals surface area contributed by atoms with E-state index >= 15 is 0 Å². The molecule has 4 rings (SSSR count). The first-order valence-corrected chi connectivity index (χ1v) is 10.1. The summed E-state index contributed by atoms with van der Waals surface area (Å²) in [6.07, 6.45) is 6.65. The van der Waals surface area contributed by atoms with Crippen molar-refractivity contribution in [3.63, 3.8) is 0 Å². The summed E-state index contributed by atoms with van der Waals surface area (Å²) in [6.45, 7) is 0. The lowest BCUT2D eigenvalue weighted by Crippen LogP contribution is -2.51. The van der Waals surface area contributed by atoms with Crippen LogP contribution in [-0.4, -0.2) is 29.1 Å². The minimum atomic E-state index is -0.0607. The van der Waals surface area contributed by atoms with Crippen LogP contribution in [0, 0.1) is 5.92 Å². The lowest BCUT2D eigenvalue weighted by Gasteiger charge is -2.39. The van der Waals surface area contributed by atoms with Gasteiger partial charge in [-0.05, 0) is 49.8 Å². The molecule has 2 N–H and O–H groups in total. The number of halogens is 1. The molecule has 0 spiro atoms. The number of carbonyl (C=O) groups is 2. The maximum Gasteiger partial charge on any atom is 0.257 e. The molecule has 0 radical (unpaired) electrons. The van der Waals surface area contributed by atoms with Crippen molar-refractivity contribution in [3.05, 3.63) is 39.8 Å². The van der Waals surface area contributed by atoms with Gasteiger partial charge in [0.25, 0.3) is 5.91 Å². The van der Waals surface area contributed by atoms with Crippen LogP contribution in [0.25, 0.3) is 6.08 Å². The van der Waals surface area contributed by atoms with Gasteiger partial charge in [-0.2, -0.15) is 0 Å². The molecule has 6 heteroatoms. The summed E-state index contributed by atoms with van der Waals surface area (Å²) in [5.41, 5.74) is 0.859. The Morgan fingerprint density at radius 2 is 2.04 bits per heavy atom. The van der Waals surface area contributed by atoms with Crippen molar-refractivity contribution < 1.29 is 9.59 Å². The molecule has 4 nitrogen and oxygen atoms in total. The molecule has 1 saturated heterocycles. The van der Waals surface area contributed by atoms with Crippen molar-refractivity contribution in [1.82, 2.24) is 10.6 Å². The van der Waals surface area contributed by atoms with E-state index in [1.165, 1.54) is 0 Å². The predicted octanol–water partition coefficient (Wildman–Crippen LogP) is 3.36. The molecule has 2 saturated carbocycles. The summed E-state index contributed by atoms with van der Waals surface area (Å²) < 4.78 is 0. The van der Waals surface area contributed by atoms with E-state index in [2.05, 4.69) is 10.6 Å². The van der Waals surface area contributed by atoms with Crippen LogP contribution in [0.5, 0.6) is 0 Å². The maximum absolute atomic E-state index is 12.5. The molecule has 25 heavy (non-hydrogen) atoms. The number of nitrogens with one attached hydrogen (secondary N) is 2. The number of thioether (sulfide) groups is 1. The van der Waals surface area contributed by atoms with E-state index in [0.29, 0.717) is 21.2 Å². The molecule has 132 valence electrons. The Hall–Kier alpha value is -1.46. The Morgan fingerprint density at radius 3 is 2.80 bits per heavy atom. The summed E-state index contributed by atoms with van der Waals surface area (Å²) in [5.74, 6) is 0.129. The summed E-state index contributed by atoms with van der Waals surface area (Å²) in [6, 6.07) is 7.99. The number of amides is 2. The third-order valence-corrected chi connectivity index (χ3v) is 6.86. The molecule has 3 atom stereocenters. The molecule has 1 aliphatic heterocycles. The third-order valence-electron chi connectivity index (χ3n) is 5.09. The fourth-order valence-corrected chi connectivity index (χ4v) is 4.98. The molecular formula is C19H21ClN2O2S. The van der Waals surface area contributed by atoms with Crippen LogP contribution in [0.15, 0.2) is 29.2 Å². The first-order valence-electron chi connectivity index (χ1n) is 8.84. The summed E-state index contributed by atoms with van der Waals surface area (Å²) in [7, 11) is 0. The standard InChI is InChI=1S/C19H21ClN2O2S/c20-14-4-2-1-3-11(14)10-17-19(24)22-15-9-12(5-8-16(15)25-17)18(23)21-13-6-7-13/h1-4,10,12-13,15-16H,5-9H2,(H,21,23)(H,22,24)/b17-10+. The SMILES string of the molecule is O=C1NC2CC(C(=O)NC3CC3)CCC2S/C1=C/c1ccccc1Cl. The first kappa shape index (κ1) is 17.0. The van der Waals surface area contributed by atoms with Gasteiger partial charge in [0.05, 0.1) is 4.91 Å². The zero-order chi connectivity index (χ0) is 17.4. The molecule has 3 aliphatic rings. The zero-order valence-electron chi connectivity index (χ0n) is 13.8. The van der Waals surface area contributed by atoms with E-state index in [4.69, 9.17) is 11.6 Å². The van der Waals surface area contributed by atoms with Gasteiger partial charge >= 0.3 is 0 Å². The lowest BCUT2D eigenvalue weighted by molar-refractivity contribution is -0.127. The topological polar surface area (TPSA) is 58.2 Å². The highest BCUT2D eigenvalue weighted by molar-refractivity contribution is 8.04. The van der Waals surface area contributed by atoms with Gasteiger partial charge in [-0.25, -0.2) is 0 Å². The van der Waals surface area contributed by atoms with E-state index < -0.39 is 0 Å². The minimum Gasteiger partial charge on any atom is -0.353 e. The van der Waals surface area contributed by atoms with Crippen molar-refractivity contribution in [3.8, 4) is 0 Å². The Balaban J connectivity index is 1.43. The average Bonchev–Trinajstić information content (AvgIpc) is 3.41. The predicted molar refractivity (Wildman–Crippen MR) is 101 cm³/mol. The summed E-state index contributed by atoms with van der Waals surface area (Å²) in [4.78, 5) is 25.5. The summed E-state index contributed by atoms with van der Waals surface area (Å²) in [5, 5.41) is 7.18. The van der Waals surface area contributed by atoms with E-state index in [-0.39, 0.29) is 23.8 Å². The smallest absolute Gasteiger partial charge is 0.257 e. The molecule has 0 aromatic heterocycles. The number of hydrogen-bond acceptors (Lipinski definition) is 3. The quantitative estimate of drug-likeness (QED) is 0.795. The Bertz CT molecular complexity index is 732. The van der Waals surface area contributed by atoms with Crippen LogP contribution in [-0.2, 0) is 9.59 Å². The van der Waals surface area contributed by atoms with E-state index in [1.54, 1.807) is 11.8 Å². The number of rotatable bonds is 3. The Kier molecular flexibility index (Phi) is 4.78. The first-order chi connectivity index (χ1) is 12.1. The number of fused-ring (bicyclic) bond motifs is 1. The fourth-order valence-electron chi connectivity index (χ4n) is 3.51. The molecular weight excluding hydrogens is 356 g/mol. The van der Waals surface area contributed by atoms with Crippen LogP contribution >= 0.6 is 23.4 Å². The lowest BCUT2D eigenvalue weighted by atomic mass is 9.84. The average molecular weight is 377 g/mol. The molecule has 3 fully saturated rings. The van der Waals surface area contributed by atoms with Crippen molar-refractivity contribution >= 4 is 41.3 Å². The van der Waals surface area contributed by atoms with E-state index in [9.17, 15) is 9.59 Å². The van der Waals surface area contributed by atoms with E-state index in [1.807, 2.05) is 30.3 Å². The van der Waals surface area contributed by atoms with Gasteiger partial charge in [-0.3, -0.25) is 9.59 Å². The second kappa shape index (κ2) is 7.04. The van der Waals surface area contributed by atoms with Crippen LogP contribution in [0.3, 0.4) is 0 Å². The number of carbonyl (C=O) groups excluding carboxylic acids is 2. The largest absolute Gasteiger partial charge is 0.353 e. The van der Waals surface area contributed by atoms with Gasteiger partial charge in [0.2, 0.25) is 5.91 Å². The molecule has 2 amide bonds. The van der Waals surface area contributed by atoms with Crippen LogP contribution < -0.4 is 10.6 Å². The molecule has 0 bridgehead atoms. The van der Waals surface area contributed by atoms with Gasteiger partial charge in [-0.1, -0.05) is 29.8 Å². The molecule has 1 aromatic carbocycles. The summed E-state index contributed by atoms with van der Waals surface area (Å²) >= 11 is 7.82. The van der Waals surface area contributed by atoms with Gasteiger partial charge in [-0.15, -0.1) is 11.8 Å². The van der Waals surface area contributed by atoms with Crippen LogP contribution in [0.1, 0.15) is 37.7 Å². The third kappa shape index (κ3) is 3.87. The Morgan fingerprint density at radius 1 is 1.24 bits per heavy atom. The minimum absolute atomic E-state index is 0.0249. The molecule has 2 aliphatic carbocycles. The highest BCUT2D eigenvalue weighted by Crippen LogP contribution is 2.40. The number of benzene rings is 1. The van der Waals surface area contributed by atoms with Gasteiger partial charge < -0.3 is 10.6 Å². The maximum atomic E-state index is 12.5. The second-order valence-electron chi connectivity index (χ2n) is 7.06. The van der Waals surface area contributed by atoms with Crippen LogP contribution in [0.4, 0.5) is 0 Å². The van der Waals surface area contributed by atoms with E-state index in [0.717, 1.165) is 37.7 Å².